The van der Waals surface area contributed by atoms with Crippen LogP contribution in [0.5, 0.6) is 0 Å². The van der Waals surface area contributed by atoms with E-state index in [1.54, 1.807) is 0 Å². The third kappa shape index (κ3) is 3.09. The zero-order valence-corrected chi connectivity index (χ0v) is 13.9. The Kier molecular flexibility index (Phi) is 4.95. The topological polar surface area (TPSA) is 49.4 Å². The van der Waals surface area contributed by atoms with Crippen molar-refractivity contribution in [1.29, 1.82) is 0 Å². The number of nitrogens with one attached hydrogen (secondary N) is 1. The molecule has 0 aromatic carbocycles. The van der Waals surface area contributed by atoms with Crippen molar-refractivity contribution in [1.82, 2.24) is 10.2 Å². The third-order valence-electron chi connectivity index (χ3n) is 5.18. The summed E-state index contributed by atoms with van der Waals surface area (Å²) in [6, 6.07) is -0.261. The zero-order valence-electron chi connectivity index (χ0n) is 13.9. The molecule has 0 aromatic rings. The van der Waals surface area contributed by atoms with Gasteiger partial charge in [0.25, 0.3) is 0 Å². The van der Waals surface area contributed by atoms with E-state index in [0.29, 0.717) is 24.7 Å². The fraction of sp³-hybridized carbons (Fsp3) is 0.882. The van der Waals surface area contributed by atoms with Crippen molar-refractivity contribution in [2.75, 3.05) is 6.54 Å². The molecule has 1 atom stereocenters. The van der Waals surface area contributed by atoms with Crippen molar-refractivity contribution in [2.45, 2.75) is 77.8 Å². The van der Waals surface area contributed by atoms with Crippen LogP contribution in [-0.2, 0) is 9.59 Å². The number of hydrogen-bond donors (Lipinski definition) is 1. The first-order chi connectivity index (χ1) is 9.96. The summed E-state index contributed by atoms with van der Waals surface area (Å²) < 4.78 is 0. The predicted octanol–water partition coefficient (Wildman–Crippen LogP) is 2.72. The fourth-order valence-corrected chi connectivity index (χ4v) is 3.52. The highest BCUT2D eigenvalue weighted by Crippen LogP contribution is 2.38. The van der Waals surface area contributed by atoms with Gasteiger partial charge in [-0.2, -0.15) is 0 Å². The lowest BCUT2D eigenvalue weighted by molar-refractivity contribution is -0.159. The maximum Gasteiger partial charge on any atom is 0.246 e. The molecule has 2 amide bonds. The lowest BCUT2D eigenvalue weighted by Gasteiger charge is -2.48. The molecule has 1 saturated carbocycles. The summed E-state index contributed by atoms with van der Waals surface area (Å²) in [5.74, 6) is 1.23. The molecule has 4 heteroatoms. The van der Waals surface area contributed by atoms with E-state index in [2.05, 4.69) is 19.2 Å². The molecule has 4 nitrogen and oxygen atoms in total. The summed E-state index contributed by atoms with van der Waals surface area (Å²) in [6.45, 7) is 9.15. The van der Waals surface area contributed by atoms with Gasteiger partial charge >= 0.3 is 0 Å². The van der Waals surface area contributed by atoms with Crippen LogP contribution in [0.4, 0.5) is 0 Å². The van der Waals surface area contributed by atoms with Crippen LogP contribution in [-0.4, -0.2) is 34.8 Å². The van der Waals surface area contributed by atoms with Crippen molar-refractivity contribution in [3.05, 3.63) is 0 Å². The molecule has 120 valence electrons. The molecule has 0 aromatic heterocycles. The first-order valence-electron chi connectivity index (χ1n) is 8.58. The van der Waals surface area contributed by atoms with Gasteiger partial charge in [-0.15, -0.1) is 0 Å². The minimum absolute atomic E-state index is 0.0635. The second kappa shape index (κ2) is 6.37. The summed E-state index contributed by atoms with van der Waals surface area (Å²) in [7, 11) is 0. The number of carbonyl (C=O) groups is 2. The van der Waals surface area contributed by atoms with Crippen LogP contribution in [0.1, 0.15) is 66.2 Å². The fourth-order valence-electron chi connectivity index (χ4n) is 3.52. The maximum atomic E-state index is 12.9. The Morgan fingerprint density at radius 1 is 1.24 bits per heavy atom. The van der Waals surface area contributed by atoms with Crippen LogP contribution >= 0.6 is 0 Å². The molecule has 0 spiro atoms. The number of piperazine rings is 1. The van der Waals surface area contributed by atoms with Gasteiger partial charge < -0.3 is 10.2 Å². The lowest BCUT2D eigenvalue weighted by Crippen LogP contribution is -2.70. The molecule has 1 heterocycles. The normalized spacial score (nSPS) is 25.4. The third-order valence-corrected chi connectivity index (χ3v) is 5.18. The van der Waals surface area contributed by atoms with Crippen molar-refractivity contribution in [2.24, 2.45) is 11.8 Å². The average Bonchev–Trinajstić information content (AvgIpc) is 3.27. The molecule has 1 aliphatic carbocycles. The van der Waals surface area contributed by atoms with E-state index in [1.807, 2.05) is 18.7 Å². The molecule has 1 N–H and O–H groups in total. The minimum atomic E-state index is -0.626. The van der Waals surface area contributed by atoms with E-state index < -0.39 is 5.54 Å². The predicted molar refractivity (Wildman–Crippen MR) is 83.8 cm³/mol. The van der Waals surface area contributed by atoms with Gasteiger partial charge in [0.2, 0.25) is 11.8 Å². The molecule has 0 bridgehead atoms. The second-order valence-corrected chi connectivity index (χ2v) is 7.05. The van der Waals surface area contributed by atoms with Gasteiger partial charge in [0.05, 0.1) is 0 Å². The Bertz CT molecular complexity index is 398. The van der Waals surface area contributed by atoms with Crippen molar-refractivity contribution in [3.63, 3.8) is 0 Å². The van der Waals surface area contributed by atoms with Gasteiger partial charge in [-0.1, -0.05) is 27.7 Å². The van der Waals surface area contributed by atoms with Crippen molar-refractivity contribution >= 4 is 11.8 Å². The molecule has 1 aliphatic heterocycles. The number of nitrogens with zero attached hydrogens (tertiary/aromatic N) is 1. The highest BCUT2D eigenvalue weighted by Gasteiger charge is 2.53. The molecule has 0 radical (unpaired) electrons. The van der Waals surface area contributed by atoms with Crippen LogP contribution in [0.2, 0.25) is 0 Å². The molecular weight excluding hydrogens is 264 g/mol. The Morgan fingerprint density at radius 2 is 1.86 bits per heavy atom. The first kappa shape index (κ1) is 16.3. The summed E-state index contributed by atoms with van der Waals surface area (Å²) in [5.41, 5.74) is -0.626. The van der Waals surface area contributed by atoms with E-state index in [4.69, 9.17) is 0 Å². The zero-order chi connectivity index (χ0) is 15.6. The SMILES string of the molecule is CCC1(CC)C(=O)NC(C2CC2)C(=O)N1CCCC(C)C. The van der Waals surface area contributed by atoms with Crippen LogP contribution in [0.25, 0.3) is 0 Å². The highest BCUT2D eigenvalue weighted by atomic mass is 16.2. The Morgan fingerprint density at radius 3 is 2.33 bits per heavy atom. The highest BCUT2D eigenvalue weighted by molar-refractivity contribution is 6.00. The summed E-state index contributed by atoms with van der Waals surface area (Å²) >= 11 is 0. The molecule has 2 rings (SSSR count). The van der Waals surface area contributed by atoms with Gasteiger partial charge in [0.15, 0.2) is 0 Å². The van der Waals surface area contributed by atoms with Crippen LogP contribution in [0, 0.1) is 11.8 Å². The van der Waals surface area contributed by atoms with Gasteiger partial charge in [-0.3, -0.25) is 9.59 Å². The van der Waals surface area contributed by atoms with Gasteiger partial charge in [-0.25, -0.2) is 0 Å². The standard InChI is InChI=1S/C17H30N2O2/c1-5-17(6-2)16(21)18-14(13-9-10-13)15(20)19(17)11-7-8-12(3)4/h12-14H,5-11H2,1-4H3,(H,18,21). The second-order valence-electron chi connectivity index (χ2n) is 7.05. The van der Waals surface area contributed by atoms with Crippen LogP contribution < -0.4 is 5.32 Å². The number of carbonyl (C=O) groups excluding carboxylic acids is 2. The van der Waals surface area contributed by atoms with E-state index in [-0.39, 0.29) is 17.9 Å². The summed E-state index contributed by atoms with van der Waals surface area (Å²) in [6.07, 6.45) is 5.61. The Hall–Kier alpha value is -1.06. The molecule has 21 heavy (non-hydrogen) atoms. The summed E-state index contributed by atoms with van der Waals surface area (Å²) in [5, 5.41) is 3.02. The molecule has 2 aliphatic rings. The van der Waals surface area contributed by atoms with Gasteiger partial charge in [-0.05, 0) is 50.4 Å². The first-order valence-corrected chi connectivity index (χ1v) is 8.58. The van der Waals surface area contributed by atoms with Gasteiger partial charge in [0.1, 0.15) is 11.6 Å². The van der Waals surface area contributed by atoms with E-state index in [1.165, 1.54) is 0 Å². The molecule has 2 fully saturated rings. The molecule has 1 saturated heterocycles. The lowest BCUT2D eigenvalue weighted by atomic mass is 9.84. The van der Waals surface area contributed by atoms with Gasteiger partial charge in [0, 0.05) is 6.54 Å². The van der Waals surface area contributed by atoms with Crippen molar-refractivity contribution in [3.8, 4) is 0 Å². The monoisotopic (exact) mass is 294 g/mol. The smallest absolute Gasteiger partial charge is 0.246 e. The Labute approximate surface area is 128 Å². The van der Waals surface area contributed by atoms with Crippen LogP contribution in [0.15, 0.2) is 0 Å². The number of rotatable bonds is 7. The average molecular weight is 294 g/mol. The maximum absolute atomic E-state index is 12.9. The number of hydrogen-bond acceptors (Lipinski definition) is 2. The van der Waals surface area contributed by atoms with E-state index in [0.717, 1.165) is 32.2 Å². The minimum Gasteiger partial charge on any atom is -0.342 e. The Balaban J connectivity index is 2.17. The quantitative estimate of drug-likeness (QED) is 0.785. The summed E-state index contributed by atoms with van der Waals surface area (Å²) in [4.78, 5) is 27.5. The van der Waals surface area contributed by atoms with Crippen LogP contribution in [0.3, 0.4) is 0 Å². The number of amides is 2. The molecular formula is C17H30N2O2. The van der Waals surface area contributed by atoms with E-state index >= 15 is 0 Å². The largest absolute Gasteiger partial charge is 0.342 e. The van der Waals surface area contributed by atoms with E-state index in [9.17, 15) is 9.59 Å². The van der Waals surface area contributed by atoms with Crippen molar-refractivity contribution < 1.29 is 9.59 Å². The molecule has 1 unspecified atom stereocenters.